The molecule has 2 aromatic heterocycles. The Kier molecular flexibility index (Phi) is 4.11. The van der Waals surface area contributed by atoms with Crippen LogP contribution in [0.3, 0.4) is 0 Å². The third-order valence-electron chi connectivity index (χ3n) is 3.00. The topological polar surface area (TPSA) is 72.7 Å². The average Bonchev–Trinajstić information content (AvgIpc) is 3.03. The van der Waals surface area contributed by atoms with E-state index in [1.807, 2.05) is 12.1 Å². The van der Waals surface area contributed by atoms with Gasteiger partial charge < -0.3 is 5.32 Å². The van der Waals surface area contributed by atoms with Gasteiger partial charge in [-0.1, -0.05) is 16.8 Å². The lowest BCUT2D eigenvalue weighted by atomic mass is 10.2. The number of benzene rings is 1. The summed E-state index contributed by atoms with van der Waals surface area (Å²) in [7, 11) is 0. The van der Waals surface area contributed by atoms with Crippen molar-refractivity contribution in [3.8, 4) is 5.69 Å². The van der Waals surface area contributed by atoms with E-state index < -0.39 is 0 Å². The molecule has 6 nitrogen and oxygen atoms in total. The highest BCUT2D eigenvalue weighted by Crippen LogP contribution is 2.09. The highest BCUT2D eigenvalue weighted by molar-refractivity contribution is 6.30. The zero-order chi connectivity index (χ0) is 15.4. The molecule has 110 valence electrons. The molecule has 3 rings (SSSR count). The summed E-state index contributed by atoms with van der Waals surface area (Å²) in [5, 5.41) is 11.4. The maximum atomic E-state index is 12.0. The van der Waals surface area contributed by atoms with Crippen LogP contribution in [-0.2, 0) is 6.54 Å². The Morgan fingerprint density at radius 1 is 1.14 bits per heavy atom. The normalized spacial score (nSPS) is 10.4. The van der Waals surface area contributed by atoms with Crippen molar-refractivity contribution in [3.05, 3.63) is 71.3 Å². The Balaban J connectivity index is 1.64. The fourth-order valence-electron chi connectivity index (χ4n) is 1.88. The van der Waals surface area contributed by atoms with E-state index in [9.17, 15) is 4.79 Å². The van der Waals surface area contributed by atoms with E-state index >= 15 is 0 Å². The van der Waals surface area contributed by atoms with Crippen LogP contribution >= 0.6 is 11.6 Å². The van der Waals surface area contributed by atoms with Gasteiger partial charge in [-0.15, -0.1) is 5.10 Å². The van der Waals surface area contributed by atoms with Gasteiger partial charge in [-0.05, 0) is 36.4 Å². The van der Waals surface area contributed by atoms with E-state index in [-0.39, 0.29) is 5.91 Å². The Labute approximate surface area is 131 Å². The number of nitrogens with zero attached hydrogens (tertiary/aromatic N) is 4. The Hall–Kier alpha value is -2.73. The monoisotopic (exact) mass is 313 g/mol. The quantitative estimate of drug-likeness (QED) is 0.802. The van der Waals surface area contributed by atoms with Crippen LogP contribution in [0.1, 0.15) is 16.1 Å². The molecule has 0 radical (unpaired) electrons. The average molecular weight is 314 g/mol. The van der Waals surface area contributed by atoms with Crippen LogP contribution in [0.5, 0.6) is 0 Å². The fraction of sp³-hybridized carbons (Fsp3) is 0.0667. The molecule has 0 atom stereocenters. The van der Waals surface area contributed by atoms with E-state index in [1.165, 1.54) is 0 Å². The number of carbonyl (C=O) groups is 1. The van der Waals surface area contributed by atoms with Gasteiger partial charge in [0.1, 0.15) is 5.69 Å². The van der Waals surface area contributed by atoms with Gasteiger partial charge in [0.15, 0.2) is 0 Å². The minimum atomic E-state index is -0.185. The van der Waals surface area contributed by atoms with Crippen LogP contribution in [0, 0.1) is 0 Å². The summed E-state index contributed by atoms with van der Waals surface area (Å²) in [6.45, 7) is 0.298. The summed E-state index contributed by atoms with van der Waals surface area (Å²) in [5.74, 6) is -0.185. The van der Waals surface area contributed by atoms with Crippen molar-refractivity contribution in [2.75, 3.05) is 0 Å². The number of pyridine rings is 1. The van der Waals surface area contributed by atoms with Gasteiger partial charge in [0.25, 0.3) is 5.91 Å². The first kappa shape index (κ1) is 14.2. The van der Waals surface area contributed by atoms with Crippen molar-refractivity contribution in [1.29, 1.82) is 0 Å². The molecule has 3 aromatic rings. The van der Waals surface area contributed by atoms with Crippen molar-refractivity contribution in [2.45, 2.75) is 6.54 Å². The van der Waals surface area contributed by atoms with Gasteiger partial charge in [0.2, 0.25) is 0 Å². The lowest BCUT2D eigenvalue weighted by Gasteiger charge is -2.02. The van der Waals surface area contributed by atoms with Crippen molar-refractivity contribution in [1.82, 2.24) is 25.3 Å². The van der Waals surface area contributed by atoms with Crippen LogP contribution in [0.4, 0.5) is 0 Å². The molecule has 0 aliphatic carbocycles. The highest BCUT2D eigenvalue weighted by Gasteiger charge is 2.07. The summed E-state index contributed by atoms with van der Waals surface area (Å²) in [5.41, 5.74) is 2.07. The van der Waals surface area contributed by atoms with Gasteiger partial charge in [-0.3, -0.25) is 9.78 Å². The third kappa shape index (κ3) is 3.29. The zero-order valence-corrected chi connectivity index (χ0v) is 12.2. The SMILES string of the molecule is O=C(NCc1cn(-c2ccncc2)nn1)c1ccc(Cl)cc1. The van der Waals surface area contributed by atoms with Gasteiger partial charge in [0, 0.05) is 23.0 Å². The first-order valence-corrected chi connectivity index (χ1v) is 6.95. The Morgan fingerprint density at radius 3 is 2.59 bits per heavy atom. The number of nitrogens with one attached hydrogen (secondary N) is 1. The van der Waals surface area contributed by atoms with Crippen LogP contribution in [0.15, 0.2) is 55.0 Å². The molecule has 1 amide bonds. The molecule has 1 N–H and O–H groups in total. The first-order valence-electron chi connectivity index (χ1n) is 6.58. The van der Waals surface area contributed by atoms with Crippen LogP contribution < -0.4 is 5.32 Å². The predicted molar refractivity (Wildman–Crippen MR) is 81.8 cm³/mol. The maximum absolute atomic E-state index is 12.0. The lowest BCUT2D eigenvalue weighted by Crippen LogP contribution is -2.22. The molecule has 0 aliphatic rings. The first-order chi connectivity index (χ1) is 10.7. The minimum absolute atomic E-state index is 0.185. The number of aromatic nitrogens is 4. The van der Waals surface area contributed by atoms with Gasteiger partial charge >= 0.3 is 0 Å². The van der Waals surface area contributed by atoms with E-state index in [1.54, 1.807) is 47.5 Å². The minimum Gasteiger partial charge on any atom is -0.346 e. The maximum Gasteiger partial charge on any atom is 0.251 e. The molecule has 0 aliphatic heterocycles. The third-order valence-corrected chi connectivity index (χ3v) is 3.26. The van der Waals surface area contributed by atoms with E-state index in [4.69, 9.17) is 11.6 Å². The van der Waals surface area contributed by atoms with Crippen molar-refractivity contribution in [2.24, 2.45) is 0 Å². The molecule has 2 heterocycles. The van der Waals surface area contributed by atoms with E-state index in [2.05, 4.69) is 20.6 Å². The summed E-state index contributed by atoms with van der Waals surface area (Å²) < 4.78 is 1.63. The molecule has 0 saturated carbocycles. The number of hydrogen-bond donors (Lipinski definition) is 1. The smallest absolute Gasteiger partial charge is 0.251 e. The van der Waals surface area contributed by atoms with E-state index in [0.29, 0.717) is 22.8 Å². The zero-order valence-electron chi connectivity index (χ0n) is 11.5. The summed E-state index contributed by atoms with van der Waals surface area (Å²) in [4.78, 5) is 15.9. The predicted octanol–water partition coefficient (Wildman–Crippen LogP) is 2.25. The molecule has 0 unspecified atom stereocenters. The molecule has 7 heteroatoms. The fourth-order valence-corrected chi connectivity index (χ4v) is 2.00. The highest BCUT2D eigenvalue weighted by atomic mass is 35.5. The van der Waals surface area contributed by atoms with Gasteiger partial charge in [-0.25, -0.2) is 4.68 Å². The van der Waals surface area contributed by atoms with Crippen LogP contribution in [-0.4, -0.2) is 25.9 Å². The Morgan fingerprint density at radius 2 is 1.86 bits per heavy atom. The number of rotatable bonds is 4. The van der Waals surface area contributed by atoms with E-state index in [0.717, 1.165) is 5.69 Å². The number of hydrogen-bond acceptors (Lipinski definition) is 4. The number of halogens is 1. The molecule has 0 spiro atoms. The summed E-state index contributed by atoms with van der Waals surface area (Å²) in [6, 6.07) is 10.3. The van der Waals surface area contributed by atoms with Gasteiger partial charge in [0.05, 0.1) is 18.4 Å². The standard InChI is InChI=1S/C15H12ClN5O/c16-12-3-1-11(2-4-12)15(22)18-9-13-10-21(20-19-13)14-5-7-17-8-6-14/h1-8,10H,9H2,(H,18,22). The molecule has 22 heavy (non-hydrogen) atoms. The number of amides is 1. The van der Waals surface area contributed by atoms with Crippen LogP contribution in [0.2, 0.25) is 5.02 Å². The number of carbonyl (C=O) groups excluding carboxylic acids is 1. The van der Waals surface area contributed by atoms with Crippen molar-refractivity contribution >= 4 is 17.5 Å². The summed E-state index contributed by atoms with van der Waals surface area (Å²) >= 11 is 5.79. The molecule has 0 bridgehead atoms. The van der Waals surface area contributed by atoms with Crippen LogP contribution in [0.25, 0.3) is 5.69 Å². The second-order valence-electron chi connectivity index (χ2n) is 4.55. The molecule has 0 fully saturated rings. The lowest BCUT2D eigenvalue weighted by molar-refractivity contribution is 0.0950. The second kappa shape index (κ2) is 6.36. The van der Waals surface area contributed by atoms with Gasteiger partial charge in [-0.2, -0.15) is 0 Å². The molecule has 0 saturated heterocycles. The van der Waals surface area contributed by atoms with Crippen molar-refractivity contribution < 1.29 is 4.79 Å². The second-order valence-corrected chi connectivity index (χ2v) is 4.99. The Bertz CT molecular complexity index is 770. The largest absolute Gasteiger partial charge is 0.346 e. The molecule has 1 aromatic carbocycles. The van der Waals surface area contributed by atoms with Crippen molar-refractivity contribution in [3.63, 3.8) is 0 Å². The molecular formula is C15H12ClN5O. The summed E-state index contributed by atoms with van der Waals surface area (Å²) in [6.07, 6.45) is 5.12. The molecular weight excluding hydrogens is 302 g/mol.